The van der Waals surface area contributed by atoms with E-state index in [0.717, 1.165) is 32.4 Å². The van der Waals surface area contributed by atoms with Crippen LogP contribution >= 0.6 is 27.3 Å². The lowest BCUT2D eigenvalue weighted by Crippen LogP contribution is -1.97. The molecule has 0 spiro atoms. The number of benzene rings is 1. The van der Waals surface area contributed by atoms with Crippen LogP contribution in [0.3, 0.4) is 0 Å². The monoisotopic (exact) mass is 363 g/mol. The van der Waals surface area contributed by atoms with Crippen LogP contribution in [0.5, 0.6) is 11.6 Å². The van der Waals surface area contributed by atoms with Gasteiger partial charge in [-0.3, -0.25) is 0 Å². The second kappa shape index (κ2) is 5.61. The second-order valence-electron chi connectivity index (χ2n) is 4.68. The summed E-state index contributed by atoms with van der Waals surface area (Å²) >= 11 is 5.07. The van der Waals surface area contributed by atoms with Gasteiger partial charge in [0.15, 0.2) is 0 Å². The van der Waals surface area contributed by atoms with Crippen LogP contribution in [0, 0.1) is 6.92 Å². The number of aryl methyl sites for hydroxylation is 2. The van der Waals surface area contributed by atoms with E-state index < -0.39 is 0 Å². The number of nitrogens with two attached hydrogens (primary N) is 1. The van der Waals surface area contributed by atoms with Gasteiger partial charge in [0.25, 0.3) is 0 Å². The molecule has 0 radical (unpaired) electrons. The highest BCUT2D eigenvalue weighted by Gasteiger charge is 2.13. The predicted molar refractivity (Wildman–Crippen MR) is 90.2 cm³/mol. The number of thiophene rings is 1. The molecule has 1 aromatic carbocycles. The van der Waals surface area contributed by atoms with Crippen LogP contribution in [0.15, 0.2) is 28.7 Å². The molecule has 6 heteroatoms. The zero-order valence-electron chi connectivity index (χ0n) is 11.7. The summed E-state index contributed by atoms with van der Waals surface area (Å²) in [6, 6.07) is 7.93. The molecule has 0 fully saturated rings. The Balaban J connectivity index is 2.08. The van der Waals surface area contributed by atoms with Gasteiger partial charge in [0.05, 0.1) is 5.39 Å². The summed E-state index contributed by atoms with van der Waals surface area (Å²) in [7, 11) is 0. The maximum atomic E-state index is 5.97. The van der Waals surface area contributed by atoms with Crippen molar-refractivity contribution in [3.05, 3.63) is 39.2 Å². The number of ether oxygens (including phenoxy) is 1. The van der Waals surface area contributed by atoms with E-state index in [-0.39, 0.29) is 5.95 Å². The molecule has 108 valence electrons. The molecule has 0 unspecified atom stereocenters. The normalized spacial score (nSPS) is 11.0. The lowest BCUT2D eigenvalue weighted by Gasteiger charge is -2.09. The fourth-order valence-corrected chi connectivity index (χ4v) is 3.48. The van der Waals surface area contributed by atoms with Gasteiger partial charge in [0.1, 0.15) is 10.6 Å². The summed E-state index contributed by atoms with van der Waals surface area (Å²) in [6.07, 6.45) is 0.956. The summed E-state index contributed by atoms with van der Waals surface area (Å²) in [5.41, 5.74) is 6.82. The van der Waals surface area contributed by atoms with Crippen molar-refractivity contribution in [2.75, 3.05) is 5.73 Å². The van der Waals surface area contributed by atoms with E-state index in [4.69, 9.17) is 10.5 Å². The minimum Gasteiger partial charge on any atom is -0.438 e. The maximum Gasteiger partial charge on any atom is 0.232 e. The van der Waals surface area contributed by atoms with Crippen LogP contribution in [0.4, 0.5) is 5.95 Å². The highest BCUT2D eigenvalue weighted by atomic mass is 79.9. The quantitative estimate of drug-likeness (QED) is 0.732. The first kappa shape index (κ1) is 14.3. The molecule has 3 aromatic rings. The van der Waals surface area contributed by atoms with Crippen LogP contribution in [0.2, 0.25) is 0 Å². The molecule has 2 aromatic heterocycles. The molecule has 0 amide bonds. The summed E-state index contributed by atoms with van der Waals surface area (Å²) in [5.74, 6) is 1.51. The van der Waals surface area contributed by atoms with Crippen molar-refractivity contribution in [3.8, 4) is 11.6 Å². The lowest BCUT2D eigenvalue weighted by atomic mass is 10.2. The lowest BCUT2D eigenvalue weighted by molar-refractivity contribution is 0.465. The van der Waals surface area contributed by atoms with Gasteiger partial charge in [0, 0.05) is 9.35 Å². The van der Waals surface area contributed by atoms with Crippen molar-refractivity contribution in [2.24, 2.45) is 0 Å². The largest absolute Gasteiger partial charge is 0.438 e. The zero-order valence-corrected chi connectivity index (χ0v) is 14.1. The fourth-order valence-electron chi connectivity index (χ4n) is 2.04. The van der Waals surface area contributed by atoms with Crippen molar-refractivity contribution >= 4 is 43.4 Å². The first-order valence-corrected chi connectivity index (χ1v) is 8.17. The predicted octanol–water partition coefficient (Wildman–Crippen LogP) is 4.70. The van der Waals surface area contributed by atoms with E-state index in [1.54, 1.807) is 11.3 Å². The van der Waals surface area contributed by atoms with Gasteiger partial charge in [0.2, 0.25) is 11.8 Å². The molecule has 4 nitrogen and oxygen atoms in total. The Morgan fingerprint density at radius 1 is 1.29 bits per heavy atom. The first-order valence-electron chi connectivity index (χ1n) is 6.56. The smallest absolute Gasteiger partial charge is 0.232 e. The summed E-state index contributed by atoms with van der Waals surface area (Å²) in [4.78, 5) is 10.6. The third-order valence-electron chi connectivity index (χ3n) is 3.12. The van der Waals surface area contributed by atoms with Gasteiger partial charge >= 0.3 is 0 Å². The van der Waals surface area contributed by atoms with E-state index in [9.17, 15) is 0 Å². The van der Waals surface area contributed by atoms with Gasteiger partial charge in [-0.15, -0.1) is 11.3 Å². The van der Waals surface area contributed by atoms with Crippen LogP contribution in [0.25, 0.3) is 10.2 Å². The number of aromatic nitrogens is 2. The molecule has 2 heterocycles. The maximum absolute atomic E-state index is 5.97. The molecule has 2 N–H and O–H groups in total. The molecule has 0 aliphatic heterocycles. The molecule has 0 aliphatic rings. The van der Waals surface area contributed by atoms with Crippen LogP contribution < -0.4 is 10.5 Å². The second-order valence-corrected chi connectivity index (χ2v) is 6.71. The van der Waals surface area contributed by atoms with E-state index in [0.29, 0.717) is 5.88 Å². The summed E-state index contributed by atoms with van der Waals surface area (Å²) in [6.45, 7) is 4.10. The van der Waals surface area contributed by atoms with Crippen LogP contribution in [-0.4, -0.2) is 9.97 Å². The Morgan fingerprint density at radius 3 is 2.81 bits per heavy atom. The van der Waals surface area contributed by atoms with E-state index >= 15 is 0 Å². The molecule has 0 atom stereocenters. The molecule has 0 saturated heterocycles. The first-order chi connectivity index (χ1) is 10.1. The molecule has 0 saturated carbocycles. The number of anilines is 1. The topological polar surface area (TPSA) is 61.0 Å². The van der Waals surface area contributed by atoms with Gasteiger partial charge in [-0.2, -0.15) is 4.98 Å². The average Bonchev–Trinajstić information content (AvgIpc) is 2.85. The number of hydrogen-bond acceptors (Lipinski definition) is 5. The molecular formula is C15H14BrN3OS. The Hall–Kier alpha value is -1.66. The number of fused-ring (bicyclic) bond motifs is 1. The van der Waals surface area contributed by atoms with E-state index in [1.807, 2.05) is 25.1 Å². The van der Waals surface area contributed by atoms with E-state index in [1.165, 1.54) is 4.88 Å². The Bertz CT molecular complexity index is 816. The Labute approximate surface area is 135 Å². The summed E-state index contributed by atoms with van der Waals surface area (Å²) < 4.78 is 6.99. The minimum absolute atomic E-state index is 0.233. The fraction of sp³-hybridized carbons (Fsp3) is 0.200. The minimum atomic E-state index is 0.233. The average molecular weight is 364 g/mol. The zero-order chi connectivity index (χ0) is 15.0. The third-order valence-corrected chi connectivity index (χ3v) is 4.78. The molecule has 3 rings (SSSR count). The van der Waals surface area contributed by atoms with Crippen molar-refractivity contribution in [1.29, 1.82) is 0 Å². The van der Waals surface area contributed by atoms with E-state index in [2.05, 4.69) is 38.9 Å². The van der Waals surface area contributed by atoms with Gasteiger partial charge in [-0.1, -0.05) is 22.9 Å². The number of hydrogen-bond donors (Lipinski definition) is 1. The third kappa shape index (κ3) is 2.87. The van der Waals surface area contributed by atoms with Gasteiger partial charge < -0.3 is 10.5 Å². The van der Waals surface area contributed by atoms with Crippen molar-refractivity contribution in [3.63, 3.8) is 0 Å². The standard InChI is InChI=1S/C15H14BrN3OS/c1-3-10-7-11-13(18-15(17)19-14(11)21-10)20-12-5-4-9(16)6-8(12)2/h4-7H,3H2,1-2H3,(H2,17,18,19). The number of rotatable bonds is 3. The number of halogens is 1. The molecular weight excluding hydrogens is 350 g/mol. The van der Waals surface area contributed by atoms with Crippen LogP contribution in [0.1, 0.15) is 17.4 Å². The Kier molecular flexibility index (Phi) is 3.82. The highest BCUT2D eigenvalue weighted by Crippen LogP contribution is 2.35. The molecule has 0 bridgehead atoms. The van der Waals surface area contributed by atoms with Crippen molar-refractivity contribution in [2.45, 2.75) is 20.3 Å². The van der Waals surface area contributed by atoms with Crippen molar-refractivity contribution < 1.29 is 4.74 Å². The Morgan fingerprint density at radius 2 is 2.10 bits per heavy atom. The van der Waals surface area contributed by atoms with Crippen LogP contribution in [-0.2, 0) is 6.42 Å². The van der Waals surface area contributed by atoms with Gasteiger partial charge in [-0.25, -0.2) is 4.98 Å². The SMILES string of the molecule is CCc1cc2c(Oc3ccc(Br)cc3C)nc(N)nc2s1. The number of nitrogens with zero attached hydrogens (tertiary/aromatic N) is 2. The number of nitrogen functional groups attached to an aromatic ring is 1. The van der Waals surface area contributed by atoms with Crippen molar-refractivity contribution in [1.82, 2.24) is 9.97 Å². The molecule has 21 heavy (non-hydrogen) atoms. The van der Waals surface area contributed by atoms with Gasteiger partial charge in [-0.05, 0) is 43.2 Å². The highest BCUT2D eigenvalue weighted by molar-refractivity contribution is 9.10. The molecule has 0 aliphatic carbocycles. The summed E-state index contributed by atoms with van der Waals surface area (Å²) in [5, 5.41) is 0.911.